The van der Waals surface area contributed by atoms with Crippen LogP contribution in [0.25, 0.3) is 11.1 Å². The number of aryl methyl sites for hydroxylation is 2. The smallest absolute Gasteiger partial charge is 0.329 e. The highest BCUT2D eigenvalue weighted by Gasteiger charge is 2.35. The monoisotopic (exact) mass is 444 g/mol. The molecule has 2 N–H and O–H groups in total. The fourth-order valence-corrected chi connectivity index (χ4v) is 3.23. The van der Waals surface area contributed by atoms with Crippen LogP contribution in [0.15, 0.2) is 66.7 Å². The van der Waals surface area contributed by atoms with Gasteiger partial charge in [0.25, 0.3) is 11.8 Å². The Morgan fingerprint density at radius 3 is 1.82 bits per heavy atom. The minimum absolute atomic E-state index is 0.165. The number of aliphatic carboxylic acids is 1. The number of carboxylic acid groups (broad SMARTS) is 1. The van der Waals surface area contributed by atoms with Gasteiger partial charge in [0, 0.05) is 23.9 Å². The second-order valence-electron chi connectivity index (χ2n) is 8.64. The number of nitrogens with zero attached hydrogens (tertiary/aromatic N) is 1. The molecule has 0 atom stereocenters. The standard InChI is InChI=1S/C27H28N2O4/c1-17-6-7-22(16-18(17)2)24(30)28-23-14-12-20(13-15-23)19-8-10-21(11-9-19)25(31)29(5)27(3,4)26(32)33/h6-16H,1-5H3,(H,28,30)(H,32,33). The van der Waals surface area contributed by atoms with Crippen LogP contribution in [0.3, 0.4) is 0 Å². The molecule has 6 heteroatoms. The summed E-state index contributed by atoms with van der Waals surface area (Å²) in [5.41, 5.74) is 4.43. The molecule has 3 rings (SSSR count). The van der Waals surface area contributed by atoms with Crippen LogP contribution in [0.4, 0.5) is 5.69 Å². The van der Waals surface area contributed by atoms with E-state index >= 15 is 0 Å². The maximum atomic E-state index is 12.7. The van der Waals surface area contributed by atoms with Gasteiger partial charge < -0.3 is 15.3 Å². The van der Waals surface area contributed by atoms with Gasteiger partial charge in [-0.15, -0.1) is 0 Å². The summed E-state index contributed by atoms with van der Waals surface area (Å²) in [6, 6.07) is 20.1. The Kier molecular flexibility index (Phi) is 6.68. The van der Waals surface area contributed by atoms with Crippen LogP contribution in [-0.2, 0) is 4.79 Å². The Morgan fingerprint density at radius 2 is 1.30 bits per heavy atom. The van der Waals surface area contributed by atoms with Crippen molar-refractivity contribution < 1.29 is 19.5 Å². The molecule has 3 aromatic carbocycles. The largest absolute Gasteiger partial charge is 0.480 e. The van der Waals surface area contributed by atoms with Gasteiger partial charge in [0.1, 0.15) is 5.54 Å². The van der Waals surface area contributed by atoms with E-state index in [0.29, 0.717) is 16.8 Å². The zero-order valence-electron chi connectivity index (χ0n) is 19.5. The van der Waals surface area contributed by atoms with Crippen LogP contribution in [-0.4, -0.2) is 40.4 Å². The Morgan fingerprint density at radius 1 is 0.788 bits per heavy atom. The van der Waals surface area contributed by atoms with Crippen molar-refractivity contribution in [2.45, 2.75) is 33.2 Å². The third kappa shape index (κ3) is 5.12. The Labute approximate surface area is 193 Å². The van der Waals surface area contributed by atoms with Crippen LogP contribution in [0.5, 0.6) is 0 Å². The summed E-state index contributed by atoms with van der Waals surface area (Å²) in [4.78, 5) is 37.8. The minimum Gasteiger partial charge on any atom is -0.480 e. The molecule has 0 aromatic heterocycles. The molecular weight excluding hydrogens is 416 g/mol. The highest BCUT2D eigenvalue weighted by molar-refractivity contribution is 6.04. The van der Waals surface area contributed by atoms with Crippen molar-refractivity contribution >= 4 is 23.5 Å². The van der Waals surface area contributed by atoms with Crippen molar-refractivity contribution in [2.24, 2.45) is 0 Å². The van der Waals surface area contributed by atoms with Crippen LogP contribution >= 0.6 is 0 Å². The van der Waals surface area contributed by atoms with Crippen LogP contribution in [0, 0.1) is 13.8 Å². The van der Waals surface area contributed by atoms with Gasteiger partial charge in [-0.05, 0) is 86.3 Å². The molecule has 6 nitrogen and oxygen atoms in total. The van der Waals surface area contributed by atoms with Crippen LogP contribution in [0.1, 0.15) is 45.7 Å². The molecule has 0 aliphatic rings. The molecule has 0 radical (unpaired) electrons. The average molecular weight is 445 g/mol. The number of rotatable bonds is 6. The Balaban J connectivity index is 1.71. The maximum Gasteiger partial charge on any atom is 0.329 e. The van der Waals surface area contributed by atoms with E-state index in [1.165, 1.54) is 25.8 Å². The lowest BCUT2D eigenvalue weighted by molar-refractivity contribution is -0.147. The predicted octanol–water partition coefficient (Wildman–Crippen LogP) is 5.16. The molecule has 0 unspecified atom stereocenters. The molecular formula is C27H28N2O4. The first kappa shape index (κ1) is 23.7. The summed E-state index contributed by atoms with van der Waals surface area (Å²) >= 11 is 0. The lowest BCUT2D eigenvalue weighted by atomic mass is 10.0. The SMILES string of the molecule is Cc1ccc(C(=O)Nc2ccc(-c3ccc(C(=O)N(C)C(C)(C)C(=O)O)cc3)cc2)cc1C. The third-order valence-corrected chi connectivity index (χ3v) is 6.04. The zero-order chi connectivity index (χ0) is 24.3. The van der Waals surface area contributed by atoms with Gasteiger partial charge in [-0.3, -0.25) is 9.59 Å². The van der Waals surface area contributed by atoms with E-state index in [1.807, 2.05) is 68.4 Å². The highest BCUT2D eigenvalue weighted by Crippen LogP contribution is 2.24. The van der Waals surface area contributed by atoms with Crippen LogP contribution in [0.2, 0.25) is 0 Å². The number of hydrogen-bond acceptors (Lipinski definition) is 3. The van der Waals surface area contributed by atoms with Crippen molar-refractivity contribution in [2.75, 3.05) is 12.4 Å². The van der Waals surface area contributed by atoms with E-state index in [9.17, 15) is 19.5 Å². The number of carbonyl (C=O) groups excluding carboxylic acids is 2. The number of hydrogen-bond donors (Lipinski definition) is 2. The molecule has 0 saturated heterocycles. The maximum absolute atomic E-state index is 12.7. The summed E-state index contributed by atoms with van der Waals surface area (Å²) in [6.45, 7) is 6.96. The molecule has 0 bridgehead atoms. The number of amides is 2. The lowest BCUT2D eigenvalue weighted by Crippen LogP contribution is -2.50. The number of likely N-dealkylation sites (N-methyl/N-ethyl adjacent to an activating group) is 1. The van der Waals surface area contributed by atoms with E-state index in [4.69, 9.17) is 0 Å². The van der Waals surface area contributed by atoms with Crippen molar-refractivity contribution in [1.29, 1.82) is 0 Å². The third-order valence-electron chi connectivity index (χ3n) is 6.04. The molecule has 0 saturated carbocycles. The van der Waals surface area contributed by atoms with E-state index in [1.54, 1.807) is 12.1 Å². The second kappa shape index (κ2) is 9.28. The average Bonchev–Trinajstić information content (AvgIpc) is 2.80. The number of benzene rings is 3. The Hall–Kier alpha value is -3.93. The first-order chi connectivity index (χ1) is 15.5. The summed E-state index contributed by atoms with van der Waals surface area (Å²) < 4.78 is 0. The fourth-order valence-electron chi connectivity index (χ4n) is 3.23. The van der Waals surface area contributed by atoms with Gasteiger partial charge in [-0.25, -0.2) is 4.79 Å². The molecule has 2 amide bonds. The number of nitrogens with one attached hydrogen (secondary N) is 1. The van der Waals surface area contributed by atoms with Crippen LogP contribution < -0.4 is 5.32 Å². The first-order valence-electron chi connectivity index (χ1n) is 10.6. The molecule has 0 fully saturated rings. The van der Waals surface area contributed by atoms with E-state index in [2.05, 4.69) is 5.32 Å². The number of carboxylic acids is 1. The van der Waals surface area contributed by atoms with Crippen molar-refractivity contribution in [1.82, 2.24) is 4.90 Å². The number of anilines is 1. The minimum atomic E-state index is -1.31. The van der Waals surface area contributed by atoms with E-state index < -0.39 is 11.5 Å². The normalized spacial score (nSPS) is 11.1. The van der Waals surface area contributed by atoms with Gasteiger partial charge in [0.05, 0.1) is 0 Å². The molecule has 0 aliphatic carbocycles. The van der Waals surface area contributed by atoms with Crippen molar-refractivity contribution in [3.8, 4) is 11.1 Å². The second-order valence-corrected chi connectivity index (χ2v) is 8.64. The molecule has 0 spiro atoms. The quantitative estimate of drug-likeness (QED) is 0.550. The van der Waals surface area contributed by atoms with E-state index in [0.717, 1.165) is 22.3 Å². The summed E-state index contributed by atoms with van der Waals surface area (Å²) in [5.74, 6) is -1.60. The molecule has 3 aromatic rings. The lowest BCUT2D eigenvalue weighted by Gasteiger charge is -2.31. The van der Waals surface area contributed by atoms with Gasteiger partial charge in [-0.2, -0.15) is 0 Å². The van der Waals surface area contributed by atoms with Gasteiger partial charge in [0.2, 0.25) is 0 Å². The molecule has 0 heterocycles. The van der Waals surface area contributed by atoms with Gasteiger partial charge >= 0.3 is 5.97 Å². The number of carbonyl (C=O) groups is 3. The highest BCUT2D eigenvalue weighted by atomic mass is 16.4. The summed E-state index contributed by atoms with van der Waals surface area (Å²) in [7, 11) is 1.48. The first-order valence-corrected chi connectivity index (χ1v) is 10.6. The summed E-state index contributed by atoms with van der Waals surface area (Å²) in [5, 5.41) is 12.3. The van der Waals surface area contributed by atoms with Crippen molar-refractivity contribution in [3.05, 3.63) is 89.0 Å². The molecule has 33 heavy (non-hydrogen) atoms. The fraction of sp³-hybridized carbons (Fsp3) is 0.222. The molecule has 170 valence electrons. The van der Waals surface area contributed by atoms with E-state index in [-0.39, 0.29) is 11.8 Å². The predicted molar refractivity (Wildman–Crippen MR) is 130 cm³/mol. The summed E-state index contributed by atoms with van der Waals surface area (Å²) in [6.07, 6.45) is 0. The molecule has 0 aliphatic heterocycles. The van der Waals surface area contributed by atoms with Gasteiger partial charge in [-0.1, -0.05) is 30.3 Å². The zero-order valence-corrected chi connectivity index (χ0v) is 19.5. The Bertz CT molecular complexity index is 1200. The van der Waals surface area contributed by atoms with Gasteiger partial charge in [0.15, 0.2) is 0 Å². The topological polar surface area (TPSA) is 86.7 Å². The van der Waals surface area contributed by atoms with Crippen molar-refractivity contribution in [3.63, 3.8) is 0 Å².